The molecule has 120 heavy (non-hydrogen) atoms. The molecule has 12 heteroatoms. The number of benzene rings is 9. The van der Waals surface area contributed by atoms with Gasteiger partial charge in [0.15, 0.2) is 0 Å². The molecule has 0 bridgehead atoms. The summed E-state index contributed by atoms with van der Waals surface area (Å²) in [5.74, 6) is 0. The van der Waals surface area contributed by atoms with Gasteiger partial charge in [0.05, 0.1) is 0 Å². The zero-order valence-electron chi connectivity index (χ0n) is 88.7. The van der Waals surface area contributed by atoms with Crippen molar-refractivity contribution in [2.75, 3.05) is 84.6 Å². The summed E-state index contributed by atoms with van der Waals surface area (Å²) in [4.78, 5) is 0. The fourth-order valence-corrected chi connectivity index (χ4v) is 9.22. The highest BCUT2D eigenvalue weighted by molar-refractivity contribution is 5.89. The molecule has 684 valence electrons. The second-order valence-electron chi connectivity index (χ2n) is 27.6. The van der Waals surface area contributed by atoms with Crippen molar-refractivity contribution in [2.45, 2.75) is 291 Å². The van der Waals surface area contributed by atoms with Gasteiger partial charge in [0.1, 0.15) is 0 Å². The molecule has 0 fully saturated rings. The van der Waals surface area contributed by atoms with Crippen LogP contribution in [0.3, 0.4) is 0 Å². The molecule has 0 N–H and O–H groups in total. The van der Waals surface area contributed by atoms with Crippen molar-refractivity contribution >= 4 is 66.6 Å². The topological polar surface area (TPSA) is 93.6 Å². The van der Waals surface area contributed by atoms with Gasteiger partial charge < -0.3 is 30.1 Å². The maximum atomic E-state index is 4.03. The van der Waals surface area contributed by atoms with Gasteiger partial charge in [-0.2, -0.15) is 30.6 Å². The Morgan fingerprint density at radius 2 is 0.325 bits per heavy atom. The third-order valence-electron chi connectivity index (χ3n) is 13.1. The Hall–Kier alpha value is -9.42. The Kier molecular flexibility index (Phi) is 108. The van der Waals surface area contributed by atoms with E-state index in [0.717, 1.165) is 34.3 Å². The van der Waals surface area contributed by atoms with Gasteiger partial charge >= 0.3 is 0 Å². The quantitative estimate of drug-likeness (QED) is 0.122. The van der Waals surface area contributed by atoms with Crippen LogP contribution in [0.2, 0.25) is 0 Å². The maximum Gasteiger partial charge on any atom is 0.0318 e. The van der Waals surface area contributed by atoms with Crippen LogP contribution in [0.5, 0.6) is 0 Å². The zero-order valence-corrected chi connectivity index (χ0v) is 88.7. The number of hydrogen-bond acceptors (Lipinski definition) is 12. The van der Waals surface area contributed by atoms with Gasteiger partial charge in [0, 0.05) is 119 Å². The molecule has 9 aromatic carbocycles. The number of fused-ring (bicyclic) bond motifs is 3. The molecule has 0 saturated heterocycles. The van der Waals surface area contributed by atoms with Gasteiger partial charge in [-0.3, -0.25) is 0 Å². The van der Waals surface area contributed by atoms with E-state index in [1.54, 1.807) is 30.1 Å². The Morgan fingerprint density at radius 1 is 0.167 bits per heavy atom. The summed E-state index contributed by atoms with van der Waals surface area (Å²) in [7, 11) is 22.9. The Labute approximate surface area is 747 Å². The number of rotatable bonds is 6. The minimum absolute atomic E-state index is 1.09. The Morgan fingerprint density at radius 3 is 0.492 bits per heavy atom. The smallest absolute Gasteiger partial charge is 0.0318 e. The normalized spacial score (nSPS) is 8.25. The van der Waals surface area contributed by atoms with E-state index in [2.05, 4.69) is 296 Å². The second kappa shape index (κ2) is 95.1. The Balaban J connectivity index is -0.000000105. The molecule has 12 nitrogen and oxygen atoms in total. The van der Waals surface area contributed by atoms with Gasteiger partial charge in [0.2, 0.25) is 0 Å². The summed E-state index contributed by atoms with van der Waals surface area (Å²) < 4.78 is 0. The van der Waals surface area contributed by atoms with Crippen LogP contribution in [0.4, 0.5) is 0 Å². The van der Waals surface area contributed by atoms with E-state index in [9.17, 15) is 0 Å². The average molecular weight is 1660 g/mol. The van der Waals surface area contributed by atoms with Gasteiger partial charge in [0.25, 0.3) is 0 Å². The van der Waals surface area contributed by atoms with Crippen LogP contribution in [0.1, 0.15) is 274 Å². The molecule has 0 atom stereocenters. The number of nitrogens with zero attached hydrogens (tertiary/aromatic N) is 12. The van der Waals surface area contributed by atoms with Crippen LogP contribution < -0.4 is 0 Å². The van der Waals surface area contributed by atoms with Gasteiger partial charge in [-0.15, -0.1) is 0 Å². The van der Waals surface area contributed by atoms with Gasteiger partial charge in [-0.25, -0.2) is 0 Å². The van der Waals surface area contributed by atoms with E-state index in [0.29, 0.717) is 0 Å². The van der Waals surface area contributed by atoms with E-state index in [1.807, 2.05) is 292 Å². The van der Waals surface area contributed by atoms with Crippen molar-refractivity contribution in [1.29, 1.82) is 0 Å². The lowest BCUT2D eigenvalue weighted by molar-refractivity contribution is 0.437. The lowest BCUT2D eigenvalue weighted by Crippen LogP contribution is -2.03. The molecule has 0 unspecified atom stereocenters. The highest BCUT2D eigenvalue weighted by Gasteiger charge is 1.99. The second-order valence-corrected chi connectivity index (χ2v) is 27.6. The minimum atomic E-state index is 1.09. The highest BCUT2D eigenvalue weighted by atomic mass is 15.4. The standard InChI is InChI=1S/3C12H12.3C8H10.6C5H12N2.9C2H6/c1-9-3-5-12-8-10(2)4-6-11(12)7-9;1-9-5-3-8-12-10(2)6-4-7-11(9)12;1-9-7-8-10(2)12-6-4-3-5-11(9)12;1-7-3-5-8(2)6-4-7;1-7-4-3-5-8(2)6-7;1-7-5-3-4-6-8(7)2;6*1-5(2)6-7(3)4;9*1-2/h3*3-8H,1-2H3;3*3-6H,1-2H3;6*1-4H3;9*1-2H3. The molecule has 0 radical (unpaired) electrons. The van der Waals surface area contributed by atoms with Crippen LogP contribution in [0.25, 0.3) is 32.3 Å². The van der Waals surface area contributed by atoms with Crippen LogP contribution in [0.15, 0.2) is 213 Å². The number of hydrogen-bond donors (Lipinski definition) is 0. The molecule has 0 aliphatic rings. The molecule has 0 aliphatic heterocycles. The first kappa shape index (κ1) is 137. The van der Waals surface area contributed by atoms with Gasteiger partial charge in [-0.1, -0.05) is 340 Å². The van der Waals surface area contributed by atoms with Crippen molar-refractivity contribution in [1.82, 2.24) is 30.1 Å². The molecule has 0 saturated carbocycles. The van der Waals surface area contributed by atoms with Crippen LogP contribution in [-0.4, -0.2) is 149 Å². The lowest BCUT2D eigenvalue weighted by Gasteiger charge is -2.03. The molecule has 0 heterocycles. The minimum Gasteiger partial charge on any atom is -0.303 e. The molecular formula is C108H192N12. The van der Waals surface area contributed by atoms with Crippen LogP contribution in [0, 0.1) is 83.1 Å². The fourth-order valence-electron chi connectivity index (χ4n) is 9.22. The predicted octanol–water partition coefficient (Wildman–Crippen LogP) is 32.2. The van der Waals surface area contributed by atoms with Crippen molar-refractivity contribution in [3.63, 3.8) is 0 Å². The largest absolute Gasteiger partial charge is 0.303 e. The zero-order chi connectivity index (χ0) is 96.8. The van der Waals surface area contributed by atoms with Gasteiger partial charge in [-0.05, 0) is 232 Å². The van der Waals surface area contributed by atoms with E-state index < -0.39 is 0 Å². The van der Waals surface area contributed by atoms with E-state index in [4.69, 9.17) is 0 Å². The van der Waals surface area contributed by atoms with E-state index >= 15 is 0 Å². The van der Waals surface area contributed by atoms with Crippen molar-refractivity contribution < 1.29 is 0 Å². The van der Waals surface area contributed by atoms with Crippen molar-refractivity contribution in [2.24, 2.45) is 30.6 Å². The molecular weight excluding hydrogens is 1470 g/mol. The maximum absolute atomic E-state index is 4.03. The SMILES string of the molecule is CC.CC.CC.CC.CC.CC.CC.CC.CC.CC(C)=NN(C)C.CC(C)=NN(C)C.CC(C)=NN(C)C.CC(C)=NN(C)C.CC(C)=NN(C)C.CC(C)=NN(C)C.Cc1ccc(C)c2ccccc12.Cc1ccc(C)cc1.Cc1ccc2cc(C)ccc2c1.Cc1cccc(C)c1.Cc1cccc2c(C)cccc12.Cc1ccccc1C. The first-order valence-electron chi connectivity index (χ1n) is 44.1. The van der Waals surface area contributed by atoms with Crippen molar-refractivity contribution in [3.05, 3.63) is 249 Å². The lowest BCUT2D eigenvalue weighted by atomic mass is 10.0. The summed E-state index contributed by atoms with van der Waals surface area (Å²) in [5, 5.41) is 43.0. The third-order valence-corrected chi connectivity index (χ3v) is 13.1. The first-order chi connectivity index (χ1) is 56.5. The summed E-state index contributed by atoms with van der Waals surface area (Å²) >= 11 is 0. The molecule has 0 aromatic heterocycles. The molecule has 0 aliphatic carbocycles. The number of hydrazone groups is 6. The monoisotopic (exact) mass is 1660 g/mol. The van der Waals surface area contributed by atoms with E-state index in [-0.39, 0.29) is 0 Å². The third kappa shape index (κ3) is 94.1. The van der Waals surface area contributed by atoms with Crippen LogP contribution in [-0.2, 0) is 0 Å². The highest BCUT2D eigenvalue weighted by Crippen LogP contribution is 2.22. The summed E-state index contributed by atoms with van der Waals surface area (Å²) in [5.41, 5.74) is 22.7. The average Bonchev–Trinajstić information content (AvgIpc) is 0.817. The van der Waals surface area contributed by atoms with Crippen LogP contribution >= 0.6 is 0 Å². The predicted molar refractivity (Wildman–Crippen MR) is 565 cm³/mol. The summed E-state index contributed by atoms with van der Waals surface area (Å²) in [6, 6.07) is 64.2. The molecule has 0 amide bonds. The molecule has 9 rings (SSSR count). The fraction of sp³-hybridized carbons (Fsp3) is 0.500. The van der Waals surface area contributed by atoms with Crippen molar-refractivity contribution in [3.8, 4) is 0 Å². The summed E-state index contributed by atoms with van der Waals surface area (Å²) in [6.07, 6.45) is 0. The first-order valence-corrected chi connectivity index (χ1v) is 44.1. The molecule has 0 spiro atoms. The molecule has 9 aromatic rings. The number of aryl methyl sites for hydroxylation is 12. The van der Waals surface area contributed by atoms with E-state index in [1.165, 1.54) is 99.1 Å². The summed E-state index contributed by atoms with van der Waals surface area (Å²) in [6.45, 7) is 85.2. The Bertz CT molecular complexity index is 3520.